The van der Waals surface area contributed by atoms with Crippen molar-refractivity contribution < 1.29 is 23.1 Å². The van der Waals surface area contributed by atoms with Gasteiger partial charge in [0.1, 0.15) is 0 Å². The van der Waals surface area contributed by atoms with Crippen LogP contribution in [-0.4, -0.2) is 39.7 Å². The van der Waals surface area contributed by atoms with Crippen molar-refractivity contribution in [3.63, 3.8) is 0 Å². The van der Waals surface area contributed by atoms with E-state index in [1.807, 2.05) is 6.08 Å². The van der Waals surface area contributed by atoms with Gasteiger partial charge in [0.25, 0.3) is 0 Å². The Labute approximate surface area is 129 Å². The van der Waals surface area contributed by atoms with Crippen LogP contribution in [0.5, 0.6) is 0 Å². The second-order valence-corrected chi connectivity index (χ2v) is 6.90. The van der Waals surface area contributed by atoms with Crippen molar-refractivity contribution in [3.8, 4) is 0 Å². The highest BCUT2D eigenvalue weighted by atomic mass is 32.2. The molecule has 1 aromatic rings. The van der Waals surface area contributed by atoms with Gasteiger partial charge in [0.2, 0.25) is 0 Å². The van der Waals surface area contributed by atoms with Gasteiger partial charge >= 0.3 is 11.6 Å². The van der Waals surface area contributed by atoms with Crippen LogP contribution in [0.3, 0.4) is 0 Å². The molecule has 118 valence electrons. The van der Waals surface area contributed by atoms with E-state index < -0.39 is 11.6 Å². The molecule has 1 aromatic heterocycles. The maximum atomic E-state index is 12.2. The lowest BCUT2D eigenvalue weighted by Gasteiger charge is -2.55. The van der Waals surface area contributed by atoms with Crippen molar-refractivity contribution in [1.29, 1.82) is 0 Å². The summed E-state index contributed by atoms with van der Waals surface area (Å²) in [7, 11) is 0. The van der Waals surface area contributed by atoms with E-state index >= 15 is 0 Å². The Morgan fingerprint density at radius 3 is 2.55 bits per heavy atom. The van der Waals surface area contributed by atoms with Gasteiger partial charge in [0, 0.05) is 29.6 Å². The molecule has 1 saturated heterocycles. The summed E-state index contributed by atoms with van der Waals surface area (Å²) in [6.07, 6.45) is 3.86. The minimum absolute atomic E-state index is 0.0656. The zero-order chi connectivity index (χ0) is 16.0. The Hall–Kier alpha value is -1.70. The van der Waals surface area contributed by atoms with E-state index in [2.05, 4.69) is 4.98 Å². The fourth-order valence-corrected chi connectivity index (χ4v) is 3.52. The van der Waals surface area contributed by atoms with Crippen LogP contribution in [0.25, 0.3) is 6.08 Å². The largest absolute Gasteiger partial charge is 0.465 e. The van der Waals surface area contributed by atoms with Crippen LogP contribution in [0.1, 0.15) is 18.5 Å². The molecule has 2 aliphatic rings. The molecule has 0 atom stereocenters. The topological polar surface area (TPSA) is 53.4 Å². The summed E-state index contributed by atoms with van der Waals surface area (Å²) < 4.78 is 36.6. The summed E-state index contributed by atoms with van der Waals surface area (Å²) in [5.41, 5.74) is -2.43. The first-order valence-corrected chi connectivity index (χ1v) is 7.46. The molecule has 1 saturated carbocycles. The van der Waals surface area contributed by atoms with Gasteiger partial charge in [0.15, 0.2) is 0 Å². The molecule has 1 amide bonds. The number of aromatic nitrogens is 1. The smallest absolute Gasteiger partial charge is 0.446 e. The molecule has 2 heterocycles. The van der Waals surface area contributed by atoms with Crippen LogP contribution in [0.4, 0.5) is 18.0 Å². The van der Waals surface area contributed by atoms with E-state index in [0.29, 0.717) is 18.8 Å². The fraction of sp³-hybridized carbons (Fsp3) is 0.429. The molecular formula is C14H13F3N2O2S. The van der Waals surface area contributed by atoms with Crippen molar-refractivity contribution >= 4 is 23.9 Å². The number of allylic oxidation sites excluding steroid dienone is 1. The summed E-state index contributed by atoms with van der Waals surface area (Å²) in [5, 5.41) is 8.81. The number of likely N-dealkylation sites (tertiary alicyclic amines) is 1. The van der Waals surface area contributed by atoms with E-state index in [0.717, 1.165) is 18.4 Å². The van der Waals surface area contributed by atoms with E-state index in [9.17, 15) is 18.0 Å². The molecule has 2 fully saturated rings. The molecule has 4 nitrogen and oxygen atoms in total. The van der Waals surface area contributed by atoms with Gasteiger partial charge < -0.3 is 10.0 Å². The molecule has 0 bridgehead atoms. The Bertz CT molecular complexity index is 612. The highest BCUT2D eigenvalue weighted by Gasteiger charge is 2.51. The third-order valence-electron chi connectivity index (χ3n) is 3.87. The molecule has 22 heavy (non-hydrogen) atoms. The molecule has 1 N–H and O–H groups in total. The number of pyridine rings is 1. The Kier molecular flexibility index (Phi) is 3.58. The normalized spacial score (nSPS) is 19.6. The summed E-state index contributed by atoms with van der Waals surface area (Å²) >= 11 is -0.181. The predicted molar refractivity (Wildman–Crippen MR) is 75.4 cm³/mol. The SMILES string of the molecule is O=C(O)N1CC2(CC(=Cc3ccc(SC(F)(F)F)cn3)C2)C1. The Balaban J connectivity index is 1.56. The number of rotatable bonds is 2. The van der Waals surface area contributed by atoms with Crippen molar-refractivity contribution in [3.05, 3.63) is 29.6 Å². The maximum Gasteiger partial charge on any atom is 0.446 e. The van der Waals surface area contributed by atoms with E-state index in [1.54, 1.807) is 6.07 Å². The summed E-state index contributed by atoms with van der Waals surface area (Å²) in [6, 6.07) is 2.97. The quantitative estimate of drug-likeness (QED) is 0.837. The third kappa shape index (κ3) is 3.21. The molecule has 0 aromatic carbocycles. The van der Waals surface area contributed by atoms with Crippen molar-refractivity contribution in [1.82, 2.24) is 9.88 Å². The number of carbonyl (C=O) groups is 1. The molecule has 1 aliphatic carbocycles. The van der Waals surface area contributed by atoms with Crippen molar-refractivity contribution in [2.45, 2.75) is 23.2 Å². The van der Waals surface area contributed by atoms with E-state index in [1.165, 1.54) is 17.2 Å². The van der Waals surface area contributed by atoms with Gasteiger partial charge in [-0.2, -0.15) is 13.2 Å². The minimum atomic E-state index is -4.30. The maximum absolute atomic E-state index is 12.2. The number of alkyl halides is 3. The first-order chi connectivity index (χ1) is 10.2. The zero-order valence-corrected chi connectivity index (χ0v) is 12.2. The average Bonchev–Trinajstić information content (AvgIpc) is 2.30. The van der Waals surface area contributed by atoms with Crippen molar-refractivity contribution in [2.24, 2.45) is 5.41 Å². The average molecular weight is 330 g/mol. The number of thioether (sulfide) groups is 1. The van der Waals surface area contributed by atoms with E-state index in [-0.39, 0.29) is 22.1 Å². The lowest BCUT2D eigenvalue weighted by atomic mass is 9.60. The number of hydrogen-bond donors (Lipinski definition) is 1. The van der Waals surface area contributed by atoms with E-state index in [4.69, 9.17) is 5.11 Å². The Morgan fingerprint density at radius 1 is 1.36 bits per heavy atom. The number of amides is 1. The third-order valence-corrected chi connectivity index (χ3v) is 4.58. The summed E-state index contributed by atoms with van der Waals surface area (Å²) in [5.74, 6) is 0. The van der Waals surface area contributed by atoms with Crippen LogP contribution in [0.2, 0.25) is 0 Å². The monoisotopic (exact) mass is 330 g/mol. The van der Waals surface area contributed by atoms with Gasteiger partial charge in [-0.25, -0.2) is 4.79 Å². The molecule has 8 heteroatoms. The molecule has 0 unspecified atom stereocenters. The lowest BCUT2D eigenvalue weighted by Crippen LogP contribution is -2.61. The number of halogens is 3. The van der Waals surface area contributed by atoms with Crippen LogP contribution in [0, 0.1) is 5.41 Å². The fourth-order valence-electron chi connectivity index (χ4n) is 3.02. The standard InChI is InChI=1S/C14H13F3N2O2S/c15-14(16,17)22-11-2-1-10(18-6-11)3-9-4-13(5-9)7-19(8-13)12(20)21/h1-3,6H,4-5,7-8H2,(H,20,21). The van der Waals surface area contributed by atoms with Gasteiger partial charge in [-0.15, -0.1) is 0 Å². The second kappa shape index (κ2) is 5.19. The van der Waals surface area contributed by atoms with Gasteiger partial charge in [-0.3, -0.25) is 4.98 Å². The highest BCUT2D eigenvalue weighted by molar-refractivity contribution is 8.00. The van der Waals surface area contributed by atoms with Crippen LogP contribution in [-0.2, 0) is 0 Å². The lowest BCUT2D eigenvalue weighted by molar-refractivity contribution is -0.0328. The van der Waals surface area contributed by atoms with Crippen LogP contribution < -0.4 is 0 Å². The van der Waals surface area contributed by atoms with Gasteiger partial charge in [0.05, 0.1) is 5.69 Å². The van der Waals surface area contributed by atoms with Crippen LogP contribution in [0.15, 0.2) is 28.8 Å². The van der Waals surface area contributed by atoms with Gasteiger partial charge in [-0.1, -0.05) is 5.57 Å². The predicted octanol–water partition coefficient (Wildman–Crippen LogP) is 3.85. The number of hydrogen-bond acceptors (Lipinski definition) is 3. The number of carboxylic acid groups (broad SMARTS) is 1. The molecule has 3 rings (SSSR count). The second-order valence-electron chi connectivity index (χ2n) is 5.76. The molecule has 1 aliphatic heterocycles. The molecule has 1 spiro atoms. The van der Waals surface area contributed by atoms with Gasteiger partial charge in [-0.05, 0) is 42.8 Å². The zero-order valence-electron chi connectivity index (χ0n) is 11.4. The van der Waals surface area contributed by atoms with Crippen molar-refractivity contribution in [2.75, 3.05) is 13.1 Å². The number of nitrogens with zero attached hydrogens (tertiary/aromatic N) is 2. The first kappa shape index (κ1) is 15.2. The summed E-state index contributed by atoms with van der Waals surface area (Å²) in [6.45, 7) is 1.13. The molecular weight excluding hydrogens is 317 g/mol. The highest BCUT2D eigenvalue weighted by Crippen LogP contribution is 2.52. The molecule has 0 radical (unpaired) electrons. The first-order valence-electron chi connectivity index (χ1n) is 6.64. The summed E-state index contributed by atoms with van der Waals surface area (Å²) in [4.78, 5) is 16.2. The van der Waals surface area contributed by atoms with Crippen LogP contribution >= 0.6 is 11.8 Å². The minimum Gasteiger partial charge on any atom is -0.465 e. The Morgan fingerprint density at radius 2 is 2.05 bits per heavy atom.